The Labute approximate surface area is 152 Å². The summed E-state index contributed by atoms with van der Waals surface area (Å²) in [4.78, 5) is 30.7. The molecule has 0 radical (unpaired) electrons. The fourth-order valence-electron chi connectivity index (χ4n) is 2.14. The molecule has 1 heterocycles. The maximum absolute atomic E-state index is 12.6. The molecule has 2 rings (SSSR count). The lowest BCUT2D eigenvalue weighted by molar-refractivity contribution is -0.127. The summed E-state index contributed by atoms with van der Waals surface area (Å²) in [7, 11) is 1.67. The van der Waals surface area contributed by atoms with Crippen molar-refractivity contribution in [3.8, 4) is 6.07 Å². The van der Waals surface area contributed by atoms with Crippen LogP contribution in [0.3, 0.4) is 0 Å². The second-order valence-corrected chi connectivity index (χ2v) is 6.98. The van der Waals surface area contributed by atoms with Crippen LogP contribution in [0.4, 0.5) is 0 Å². The fourth-order valence-corrected chi connectivity index (χ4v) is 3.51. The number of benzene rings is 1. The van der Waals surface area contributed by atoms with Crippen LogP contribution in [0.5, 0.6) is 0 Å². The van der Waals surface area contributed by atoms with Crippen LogP contribution in [0.25, 0.3) is 10.9 Å². The third-order valence-electron chi connectivity index (χ3n) is 3.51. The molecule has 0 N–H and O–H groups in total. The molecule has 0 atom stereocenters. The molecule has 126 valence electrons. The highest BCUT2D eigenvalue weighted by Gasteiger charge is 2.14. The first kappa shape index (κ1) is 18.5. The summed E-state index contributed by atoms with van der Waals surface area (Å²) in [6.07, 6.45) is 0.301. The van der Waals surface area contributed by atoms with Gasteiger partial charge in [0.05, 0.1) is 29.1 Å². The Hall–Kier alpha value is -1.85. The third kappa shape index (κ3) is 4.16. The average molecular weight is 409 g/mol. The molecule has 1 aromatic carbocycles. The second kappa shape index (κ2) is 8.31. The van der Waals surface area contributed by atoms with Gasteiger partial charge in [-0.15, -0.1) is 0 Å². The number of amides is 1. The molecule has 0 unspecified atom stereocenters. The quantitative estimate of drug-likeness (QED) is 0.542. The number of fused-ring (bicyclic) bond motifs is 1. The SMILES string of the molecule is CCn1c(SCC(=O)N(C)CCC#N)nc2ccc(Br)cc2c1=O. The Kier molecular flexibility index (Phi) is 6.40. The number of carbonyl (C=O) groups excluding carboxylic acids is 1. The van der Waals surface area contributed by atoms with Crippen molar-refractivity contribution in [3.63, 3.8) is 0 Å². The third-order valence-corrected chi connectivity index (χ3v) is 4.96. The van der Waals surface area contributed by atoms with Crippen molar-refractivity contribution in [1.29, 1.82) is 5.26 Å². The fraction of sp³-hybridized carbons (Fsp3) is 0.375. The Morgan fingerprint density at radius 1 is 1.50 bits per heavy atom. The number of rotatable bonds is 6. The Bertz CT molecular complexity index is 860. The van der Waals surface area contributed by atoms with Crippen LogP contribution < -0.4 is 5.56 Å². The van der Waals surface area contributed by atoms with E-state index in [-0.39, 0.29) is 17.2 Å². The van der Waals surface area contributed by atoms with E-state index in [2.05, 4.69) is 20.9 Å². The molecule has 6 nitrogen and oxygen atoms in total. The summed E-state index contributed by atoms with van der Waals surface area (Å²) in [5.74, 6) is 0.0826. The van der Waals surface area contributed by atoms with E-state index in [0.29, 0.717) is 35.6 Å². The lowest BCUT2D eigenvalue weighted by Crippen LogP contribution is -2.29. The van der Waals surface area contributed by atoms with Gasteiger partial charge in [0, 0.05) is 24.6 Å². The van der Waals surface area contributed by atoms with Gasteiger partial charge < -0.3 is 4.90 Å². The van der Waals surface area contributed by atoms with E-state index in [1.165, 1.54) is 16.7 Å². The minimum Gasteiger partial charge on any atom is -0.344 e. The molecule has 0 spiro atoms. The number of aromatic nitrogens is 2. The highest BCUT2D eigenvalue weighted by molar-refractivity contribution is 9.10. The van der Waals surface area contributed by atoms with Crippen molar-refractivity contribution in [1.82, 2.24) is 14.5 Å². The van der Waals surface area contributed by atoms with Crippen LogP contribution in [-0.4, -0.2) is 39.7 Å². The number of hydrogen-bond donors (Lipinski definition) is 0. The summed E-state index contributed by atoms with van der Waals surface area (Å²) < 4.78 is 2.40. The van der Waals surface area contributed by atoms with E-state index in [1.807, 2.05) is 19.1 Å². The molecule has 0 aliphatic carbocycles. The largest absolute Gasteiger partial charge is 0.344 e. The standard InChI is InChI=1S/C16H17BrN4O2S/c1-3-21-15(23)12-9-11(17)5-6-13(12)19-16(21)24-10-14(22)20(2)8-4-7-18/h5-6,9H,3-4,8,10H2,1-2H3. The molecule has 0 aliphatic heterocycles. The van der Waals surface area contributed by atoms with Crippen LogP contribution in [-0.2, 0) is 11.3 Å². The summed E-state index contributed by atoms with van der Waals surface area (Å²) in [5, 5.41) is 9.66. The van der Waals surface area contributed by atoms with Gasteiger partial charge in [-0.25, -0.2) is 4.98 Å². The van der Waals surface area contributed by atoms with Gasteiger partial charge in [-0.2, -0.15) is 5.26 Å². The van der Waals surface area contributed by atoms with Gasteiger partial charge in [-0.05, 0) is 25.1 Å². The number of thioether (sulfide) groups is 1. The molecule has 1 aromatic heterocycles. The zero-order valence-corrected chi connectivity index (χ0v) is 15.9. The van der Waals surface area contributed by atoms with E-state index in [1.54, 1.807) is 23.7 Å². The van der Waals surface area contributed by atoms with E-state index in [9.17, 15) is 9.59 Å². The topological polar surface area (TPSA) is 79.0 Å². The lowest BCUT2D eigenvalue weighted by atomic mass is 10.2. The molecular weight excluding hydrogens is 392 g/mol. The van der Waals surface area contributed by atoms with E-state index in [0.717, 1.165) is 4.47 Å². The number of nitriles is 1. The number of nitrogens with zero attached hydrogens (tertiary/aromatic N) is 4. The predicted octanol–water partition coefficient (Wildman–Crippen LogP) is 2.64. The first-order chi connectivity index (χ1) is 11.5. The van der Waals surface area contributed by atoms with Crippen LogP contribution in [0.2, 0.25) is 0 Å². The minimum atomic E-state index is -0.114. The molecule has 8 heteroatoms. The highest BCUT2D eigenvalue weighted by atomic mass is 79.9. The predicted molar refractivity (Wildman–Crippen MR) is 98.0 cm³/mol. The zero-order valence-electron chi connectivity index (χ0n) is 13.5. The van der Waals surface area contributed by atoms with Gasteiger partial charge in [-0.3, -0.25) is 14.2 Å². The molecular formula is C16H17BrN4O2S. The molecule has 0 aliphatic rings. The van der Waals surface area contributed by atoms with Gasteiger partial charge in [0.2, 0.25) is 5.91 Å². The van der Waals surface area contributed by atoms with E-state index >= 15 is 0 Å². The molecule has 0 bridgehead atoms. The van der Waals surface area contributed by atoms with Gasteiger partial charge in [0.15, 0.2) is 5.16 Å². The van der Waals surface area contributed by atoms with Crippen molar-refractivity contribution >= 4 is 44.5 Å². The molecule has 24 heavy (non-hydrogen) atoms. The van der Waals surface area contributed by atoms with Crippen LogP contribution in [0.1, 0.15) is 13.3 Å². The molecule has 0 saturated heterocycles. The van der Waals surface area contributed by atoms with Gasteiger partial charge in [-0.1, -0.05) is 27.7 Å². The minimum absolute atomic E-state index is 0.0944. The maximum Gasteiger partial charge on any atom is 0.262 e. The number of halogens is 1. The Morgan fingerprint density at radius 2 is 2.25 bits per heavy atom. The van der Waals surface area contributed by atoms with Crippen molar-refractivity contribution in [3.05, 3.63) is 33.0 Å². The van der Waals surface area contributed by atoms with Gasteiger partial charge >= 0.3 is 0 Å². The second-order valence-electron chi connectivity index (χ2n) is 5.12. The first-order valence-corrected chi connectivity index (χ1v) is 9.19. The first-order valence-electron chi connectivity index (χ1n) is 7.41. The molecule has 2 aromatic rings. The maximum atomic E-state index is 12.6. The van der Waals surface area contributed by atoms with Crippen molar-refractivity contribution in [2.75, 3.05) is 19.3 Å². The number of carbonyl (C=O) groups is 1. The Balaban J connectivity index is 2.26. The molecule has 0 fully saturated rings. The smallest absolute Gasteiger partial charge is 0.262 e. The van der Waals surface area contributed by atoms with Crippen molar-refractivity contribution < 1.29 is 4.79 Å². The molecule has 0 saturated carbocycles. The van der Waals surface area contributed by atoms with Crippen LogP contribution in [0, 0.1) is 11.3 Å². The van der Waals surface area contributed by atoms with E-state index < -0.39 is 0 Å². The normalized spacial score (nSPS) is 10.6. The van der Waals surface area contributed by atoms with Crippen LogP contribution in [0.15, 0.2) is 32.6 Å². The van der Waals surface area contributed by atoms with E-state index in [4.69, 9.17) is 5.26 Å². The van der Waals surface area contributed by atoms with Gasteiger partial charge in [0.1, 0.15) is 0 Å². The number of hydrogen-bond acceptors (Lipinski definition) is 5. The van der Waals surface area contributed by atoms with Crippen molar-refractivity contribution in [2.24, 2.45) is 0 Å². The van der Waals surface area contributed by atoms with Crippen LogP contribution >= 0.6 is 27.7 Å². The summed E-state index contributed by atoms with van der Waals surface area (Å²) in [5.41, 5.74) is 0.497. The van der Waals surface area contributed by atoms with Gasteiger partial charge in [0.25, 0.3) is 5.56 Å². The summed E-state index contributed by atoms with van der Waals surface area (Å²) >= 11 is 4.60. The Morgan fingerprint density at radius 3 is 2.92 bits per heavy atom. The average Bonchev–Trinajstić information content (AvgIpc) is 2.58. The highest BCUT2D eigenvalue weighted by Crippen LogP contribution is 2.20. The monoisotopic (exact) mass is 408 g/mol. The summed E-state index contributed by atoms with van der Waals surface area (Å²) in [6.45, 7) is 2.75. The summed E-state index contributed by atoms with van der Waals surface area (Å²) in [6, 6.07) is 7.39. The lowest BCUT2D eigenvalue weighted by Gasteiger charge is -2.16. The zero-order chi connectivity index (χ0) is 17.7. The molecule has 1 amide bonds. The van der Waals surface area contributed by atoms with Crippen molar-refractivity contribution in [2.45, 2.75) is 25.0 Å².